The standard InChI is InChI=1S/C26H24F3N3O3/c1-18(19-8-3-2-4-9-19)32(15-20-10-5-6-12-22(20)26(27,28)29)16-24-31-23(17-35-24)25(33)30-14-21-11-7-13-34-21/h2-13,17-18H,14-16H2,1H3,(H,30,33)/t18-/m0/s1. The number of nitrogens with one attached hydrogen (secondary N) is 1. The molecule has 0 aliphatic rings. The summed E-state index contributed by atoms with van der Waals surface area (Å²) in [5.74, 6) is 0.371. The number of benzene rings is 2. The monoisotopic (exact) mass is 483 g/mol. The van der Waals surface area contributed by atoms with Gasteiger partial charge in [-0.25, -0.2) is 4.98 Å². The second-order valence-electron chi connectivity index (χ2n) is 8.04. The number of carbonyl (C=O) groups is 1. The second-order valence-corrected chi connectivity index (χ2v) is 8.04. The summed E-state index contributed by atoms with van der Waals surface area (Å²) in [5, 5.41) is 2.69. The fourth-order valence-electron chi connectivity index (χ4n) is 3.76. The number of oxazole rings is 1. The van der Waals surface area contributed by atoms with Gasteiger partial charge < -0.3 is 14.2 Å². The van der Waals surface area contributed by atoms with Crippen LogP contribution in [0.25, 0.3) is 0 Å². The summed E-state index contributed by atoms with van der Waals surface area (Å²) < 4.78 is 51.6. The normalized spacial score (nSPS) is 12.6. The molecule has 4 aromatic rings. The average molecular weight is 483 g/mol. The number of halogens is 3. The summed E-state index contributed by atoms with van der Waals surface area (Å²) >= 11 is 0. The highest BCUT2D eigenvalue weighted by Crippen LogP contribution is 2.34. The Morgan fingerprint density at radius 3 is 2.46 bits per heavy atom. The molecule has 182 valence electrons. The maximum absolute atomic E-state index is 13.6. The molecule has 0 saturated heterocycles. The molecule has 0 fully saturated rings. The third kappa shape index (κ3) is 6.19. The van der Waals surface area contributed by atoms with Crippen molar-refractivity contribution in [1.82, 2.24) is 15.2 Å². The lowest BCUT2D eigenvalue weighted by atomic mass is 10.0. The molecule has 1 amide bonds. The molecule has 0 aliphatic carbocycles. The van der Waals surface area contributed by atoms with Gasteiger partial charge in [0.25, 0.3) is 5.91 Å². The highest BCUT2D eigenvalue weighted by molar-refractivity contribution is 5.91. The number of alkyl halides is 3. The molecular weight excluding hydrogens is 459 g/mol. The van der Waals surface area contributed by atoms with E-state index in [1.807, 2.05) is 42.2 Å². The van der Waals surface area contributed by atoms with Gasteiger partial charge in [-0.1, -0.05) is 48.5 Å². The molecule has 2 heterocycles. The van der Waals surface area contributed by atoms with Crippen molar-refractivity contribution in [3.63, 3.8) is 0 Å². The molecule has 35 heavy (non-hydrogen) atoms. The number of carbonyl (C=O) groups excluding carboxylic acids is 1. The molecule has 0 bridgehead atoms. The number of nitrogens with zero attached hydrogens (tertiary/aromatic N) is 2. The molecular formula is C26H24F3N3O3. The van der Waals surface area contributed by atoms with Crippen LogP contribution >= 0.6 is 0 Å². The van der Waals surface area contributed by atoms with Gasteiger partial charge in [0.2, 0.25) is 5.89 Å². The topological polar surface area (TPSA) is 71.5 Å². The first-order valence-corrected chi connectivity index (χ1v) is 11.0. The second kappa shape index (κ2) is 10.6. The van der Waals surface area contributed by atoms with Crippen LogP contribution in [0.4, 0.5) is 13.2 Å². The summed E-state index contributed by atoms with van der Waals surface area (Å²) in [7, 11) is 0. The molecule has 0 aliphatic heterocycles. The molecule has 9 heteroatoms. The molecule has 0 spiro atoms. The minimum absolute atomic E-state index is 0.00808. The Morgan fingerprint density at radius 1 is 1.00 bits per heavy atom. The minimum atomic E-state index is -4.47. The van der Waals surface area contributed by atoms with Gasteiger partial charge in [-0.05, 0) is 36.2 Å². The average Bonchev–Trinajstić information content (AvgIpc) is 3.54. The van der Waals surface area contributed by atoms with Crippen molar-refractivity contribution in [3.05, 3.63) is 113 Å². The van der Waals surface area contributed by atoms with E-state index in [2.05, 4.69) is 10.3 Å². The van der Waals surface area contributed by atoms with Gasteiger partial charge in [-0.15, -0.1) is 0 Å². The van der Waals surface area contributed by atoms with Gasteiger partial charge in [0, 0.05) is 12.6 Å². The number of furan rings is 1. The van der Waals surface area contributed by atoms with E-state index < -0.39 is 17.6 Å². The maximum Gasteiger partial charge on any atom is 0.416 e. The Kier molecular flexibility index (Phi) is 7.36. The lowest BCUT2D eigenvalue weighted by molar-refractivity contribution is -0.138. The van der Waals surface area contributed by atoms with Crippen molar-refractivity contribution in [2.24, 2.45) is 0 Å². The first kappa shape index (κ1) is 24.3. The zero-order valence-electron chi connectivity index (χ0n) is 19.0. The van der Waals surface area contributed by atoms with Crippen LogP contribution in [-0.4, -0.2) is 15.8 Å². The van der Waals surface area contributed by atoms with Crippen LogP contribution < -0.4 is 5.32 Å². The predicted octanol–water partition coefficient (Wildman–Crippen LogP) is 5.98. The largest absolute Gasteiger partial charge is 0.467 e. The summed E-state index contributed by atoms with van der Waals surface area (Å²) in [5.41, 5.74) is 0.468. The van der Waals surface area contributed by atoms with E-state index >= 15 is 0 Å². The maximum atomic E-state index is 13.6. The van der Waals surface area contributed by atoms with E-state index in [4.69, 9.17) is 8.83 Å². The molecule has 6 nitrogen and oxygen atoms in total. The van der Waals surface area contributed by atoms with Gasteiger partial charge in [-0.3, -0.25) is 9.69 Å². The summed E-state index contributed by atoms with van der Waals surface area (Å²) in [6, 6.07) is 18.2. The van der Waals surface area contributed by atoms with Crippen molar-refractivity contribution >= 4 is 5.91 Å². The number of hydrogen-bond donors (Lipinski definition) is 1. The van der Waals surface area contributed by atoms with E-state index in [0.29, 0.717) is 5.76 Å². The van der Waals surface area contributed by atoms with Crippen molar-refractivity contribution in [2.45, 2.75) is 38.8 Å². The number of hydrogen-bond acceptors (Lipinski definition) is 5. The lowest BCUT2D eigenvalue weighted by Crippen LogP contribution is -2.28. The van der Waals surface area contributed by atoms with E-state index in [9.17, 15) is 18.0 Å². The van der Waals surface area contributed by atoms with Crippen LogP contribution in [0.1, 0.15) is 51.8 Å². The summed E-state index contributed by atoms with van der Waals surface area (Å²) in [6.07, 6.45) is -1.72. The van der Waals surface area contributed by atoms with E-state index in [1.165, 1.54) is 24.7 Å². The lowest BCUT2D eigenvalue weighted by Gasteiger charge is -2.29. The Balaban J connectivity index is 1.54. The van der Waals surface area contributed by atoms with Crippen molar-refractivity contribution in [2.75, 3.05) is 0 Å². The highest BCUT2D eigenvalue weighted by Gasteiger charge is 2.34. The quantitative estimate of drug-likeness (QED) is 0.317. The Labute approximate surface area is 200 Å². The Bertz CT molecular complexity index is 1240. The van der Waals surface area contributed by atoms with E-state index in [-0.39, 0.29) is 42.8 Å². The van der Waals surface area contributed by atoms with Crippen LogP contribution in [-0.2, 0) is 25.8 Å². The van der Waals surface area contributed by atoms with Crippen LogP contribution in [0.5, 0.6) is 0 Å². The van der Waals surface area contributed by atoms with E-state index in [0.717, 1.165) is 11.6 Å². The third-order valence-corrected chi connectivity index (χ3v) is 5.65. The van der Waals surface area contributed by atoms with Crippen molar-refractivity contribution in [3.8, 4) is 0 Å². The molecule has 4 rings (SSSR count). The van der Waals surface area contributed by atoms with Gasteiger partial charge in [0.1, 0.15) is 12.0 Å². The fourth-order valence-corrected chi connectivity index (χ4v) is 3.76. The molecule has 1 N–H and O–H groups in total. The van der Waals surface area contributed by atoms with Gasteiger partial charge in [0.15, 0.2) is 5.69 Å². The number of rotatable bonds is 9. The zero-order chi connectivity index (χ0) is 24.8. The smallest absolute Gasteiger partial charge is 0.416 e. The highest BCUT2D eigenvalue weighted by atomic mass is 19.4. The molecule has 1 atom stereocenters. The van der Waals surface area contributed by atoms with Crippen LogP contribution in [0.3, 0.4) is 0 Å². The molecule has 2 aromatic carbocycles. The zero-order valence-corrected chi connectivity index (χ0v) is 19.0. The van der Waals surface area contributed by atoms with Crippen LogP contribution in [0, 0.1) is 0 Å². The van der Waals surface area contributed by atoms with Crippen LogP contribution in [0.2, 0.25) is 0 Å². The molecule has 0 unspecified atom stereocenters. The number of aromatic nitrogens is 1. The molecule has 0 saturated carbocycles. The predicted molar refractivity (Wildman–Crippen MR) is 122 cm³/mol. The number of amides is 1. The first-order valence-electron chi connectivity index (χ1n) is 11.0. The minimum Gasteiger partial charge on any atom is -0.467 e. The van der Waals surface area contributed by atoms with Crippen LogP contribution in [0.15, 0.2) is 88.1 Å². The Hall–Kier alpha value is -3.85. The first-order chi connectivity index (χ1) is 16.8. The van der Waals surface area contributed by atoms with Crippen molar-refractivity contribution in [1.29, 1.82) is 0 Å². The molecule has 0 radical (unpaired) electrons. The third-order valence-electron chi connectivity index (χ3n) is 5.65. The van der Waals surface area contributed by atoms with E-state index in [1.54, 1.807) is 18.2 Å². The van der Waals surface area contributed by atoms with Crippen molar-refractivity contribution < 1.29 is 26.8 Å². The molecule has 2 aromatic heterocycles. The summed E-state index contributed by atoms with van der Waals surface area (Å²) in [6.45, 7) is 2.22. The SMILES string of the molecule is C[C@@H](c1ccccc1)N(Cc1nc(C(=O)NCc2ccco2)co1)Cc1ccccc1C(F)(F)F. The van der Waals surface area contributed by atoms with Gasteiger partial charge in [-0.2, -0.15) is 13.2 Å². The van der Waals surface area contributed by atoms with Gasteiger partial charge in [0.05, 0.1) is 24.9 Å². The summed E-state index contributed by atoms with van der Waals surface area (Å²) in [4.78, 5) is 18.5. The van der Waals surface area contributed by atoms with Gasteiger partial charge >= 0.3 is 6.18 Å². The Morgan fingerprint density at radius 2 is 1.74 bits per heavy atom. The fraction of sp³-hybridized carbons (Fsp3) is 0.231.